The zero-order valence-corrected chi connectivity index (χ0v) is 20.2. The van der Waals surface area contributed by atoms with E-state index in [9.17, 15) is 9.90 Å². The first-order valence-corrected chi connectivity index (χ1v) is 12.2. The van der Waals surface area contributed by atoms with Gasteiger partial charge in [0.1, 0.15) is 6.07 Å². The highest BCUT2D eigenvalue weighted by atomic mass is 32.1. The average molecular weight is 489 g/mol. The number of amides is 1. The molecule has 0 radical (unpaired) electrons. The van der Waals surface area contributed by atoms with Crippen molar-refractivity contribution in [2.75, 3.05) is 18.5 Å². The summed E-state index contributed by atoms with van der Waals surface area (Å²) in [4.78, 5) is 19.3. The minimum Gasteiger partial charge on any atom is -0.394 e. The summed E-state index contributed by atoms with van der Waals surface area (Å²) >= 11 is 1.22. The van der Waals surface area contributed by atoms with Crippen molar-refractivity contribution in [3.8, 4) is 28.0 Å². The van der Waals surface area contributed by atoms with Gasteiger partial charge < -0.3 is 15.3 Å². The van der Waals surface area contributed by atoms with Crippen molar-refractivity contribution in [1.82, 2.24) is 29.7 Å². The van der Waals surface area contributed by atoms with Crippen LogP contribution < -0.4 is 5.32 Å². The van der Waals surface area contributed by atoms with Gasteiger partial charge in [0, 0.05) is 24.5 Å². The molecule has 2 N–H and O–H groups in total. The molecule has 1 aliphatic heterocycles. The third-order valence-electron chi connectivity index (χ3n) is 5.93. The molecule has 5 rings (SSSR count). The largest absolute Gasteiger partial charge is 0.394 e. The fourth-order valence-corrected chi connectivity index (χ4v) is 5.11. The zero-order valence-electron chi connectivity index (χ0n) is 19.3. The summed E-state index contributed by atoms with van der Waals surface area (Å²) in [6, 6.07) is 9.61. The second kappa shape index (κ2) is 9.40. The molecule has 5 heterocycles. The van der Waals surface area contributed by atoms with Crippen LogP contribution in [-0.2, 0) is 0 Å². The number of carbonyl (C=O) groups is 1. The van der Waals surface area contributed by atoms with Gasteiger partial charge in [0.2, 0.25) is 5.01 Å². The van der Waals surface area contributed by atoms with Gasteiger partial charge in [-0.05, 0) is 51.0 Å². The minimum atomic E-state index is -0.198. The molecule has 0 unspecified atom stereocenters. The molecule has 0 spiro atoms. The first-order valence-electron chi connectivity index (χ1n) is 11.4. The number of likely N-dealkylation sites (tertiary alicyclic amines) is 1. The number of aliphatic hydroxyl groups is 1. The summed E-state index contributed by atoms with van der Waals surface area (Å²) in [5.74, 6) is -0.198. The van der Waals surface area contributed by atoms with Crippen molar-refractivity contribution >= 4 is 28.4 Å². The summed E-state index contributed by atoms with van der Waals surface area (Å²) in [5, 5.41) is 35.9. The van der Waals surface area contributed by atoms with Crippen molar-refractivity contribution in [3.63, 3.8) is 0 Å². The van der Waals surface area contributed by atoms with Gasteiger partial charge in [-0.15, -0.1) is 10.2 Å². The van der Waals surface area contributed by atoms with Gasteiger partial charge in [-0.25, -0.2) is 4.52 Å². The number of anilines is 1. The maximum absolute atomic E-state index is 13.0. The third-order valence-corrected chi connectivity index (χ3v) is 6.87. The highest BCUT2D eigenvalue weighted by Crippen LogP contribution is 2.34. The molecule has 0 saturated carbocycles. The summed E-state index contributed by atoms with van der Waals surface area (Å²) < 4.78 is 1.75. The molecule has 0 bridgehead atoms. The van der Waals surface area contributed by atoms with Gasteiger partial charge in [0.25, 0.3) is 5.91 Å². The Labute approximate surface area is 205 Å². The standard InChI is InChI=1S/C24H24N8O2S/c1-14(2)28-19-9-20(21-6-5-16-8-15(10-25)11-27-32(16)21)26-12-18(19)22-29-30-23(35-22)24(34)31-7-3-4-17(31)13-33/h5-6,8-9,11-12,14,17,33H,3-4,7,13H2,1-2H3,(H,26,28)/t17-/m1/s1. The molecule has 1 aliphatic rings. The fourth-order valence-electron chi connectivity index (χ4n) is 4.28. The number of fused-ring (bicyclic) bond motifs is 1. The van der Waals surface area contributed by atoms with E-state index in [4.69, 9.17) is 5.26 Å². The molecule has 0 aliphatic carbocycles. The lowest BCUT2D eigenvalue weighted by Gasteiger charge is -2.21. The molecule has 1 amide bonds. The van der Waals surface area contributed by atoms with E-state index in [1.165, 1.54) is 17.5 Å². The van der Waals surface area contributed by atoms with E-state index in [-0.39, 0.29) is 24.6 Å². The van der Waals surface area contributed by atoms with Gasteiger partial charge in [-0.1, -0.05) is 11.3 Å². The van der Waals surface area contributed by atoms with Crippen molar-refractivity contribution in [3.05, 3.63) is 47.2 Å². The van der Waals surface area contributed by atoms with Crippen LogP contribution in [0.3, 0.4) is 0 Å². The van der Waals surface area contributed by atoms with Crippen LogP contribution in [0, 0.1) is 11.3 Å². The molecule has 4 aromatic heterocycles. The Morgan fingerprint density at radius 2 is 2.17 bits per heavy atom. The van der Waals surface area contributed by atoms with Gasteiger partial charge in [0.15, 0.2) is 5.01 Å². The van der Waals surface area contributed by atoms with E-state index < -0.39 is 0 Å². The molecule has 11 heteroatoms. The van der Waals surface area contributed by atoms with Crippen molar-refractivity contribution < 1.29 is 9.90 Å². The number of nitrogens with one attached hydrogen (secondary N) is 1. The quantitative estimate of drug-likeness (QED) is 0.423. The van der Waals surface area contributed by atoms with Gasteiger partial charge in [-0.2, -0.15) is 10.4 Å². The monoisotopic (exact) mass is 488 g/mol. The second-order valence-electron chi connectivity index (χ2n) is 8.72. The Hall–Kier alpha value is -3.88. The number of pyridine rings is 1. The zero-order chi connectivity index (χ0) is 24.5. The Balaban J connectivity index is 1.50. The number of rotatable bonds is 6. The minimum absolute atomic E-state index is 0.0493. The third kappa shape index (κ3) is 4.34. The van der Waals surface area contributed by atoms with Crippen LogP contribution in [0.2, 0.25) is 0 Å². The number of carbonyl (C=O) groups excluding carboxylic acids is 1. The summed E-state index contributed by atoms with van der Waals surface area (Å²) in [5.41, 5.74) is 4.36. The molecule has 1 atom stereocenters. The Bertz CT molecular complexity index is 1440. The first-order chi connectivity index (χ1) is 17.0. The smallest absolute Gasteiger partial charge is 0.285 e. The predicted molar refractivity (Wildman–Crippen MR) is 132 cm³/mol. The molecule has 1 fully saturated rings. The van der Waals surface area contributed by atoms with Gasteiger partial charge in [0.05, 0.1) is 46.9 Å². The van der Waals surface area contributed by atoms with E-state index in [0.717, 1.165) is 35.3 Å². The lowest BCUT2D eigenvalue weighted by Crippen LogP contribution is -2.37. The van der Waals surface area contributed by atoms with Crippen LogP contribution in [0.15, 0.2) is 36.7 Å². The normalized spacial score (nSPS) is 15.6. The highest BCUT2D eigenvalue weighted by molar-refractivity contribution is 7.16. The lowest BCUT2D eigenvalue weighted by atomic mass is 10.1. The van der Waals surface area contributed by atoms with E-state index in [2.05, 4.69) is 31.7 Å². The van der Waals surface area contributed by atoms with Crippen LogP contribution >= 0.6 is 11.3 Å². The maximum Gasteiger partial charge on any atom is 0.285 e. The maximum atomic E-state index is 13.0. The number of aliphatic hydroxyl groups excluding tert-OH is 1. The highest BCUT2D eigenvalue weighted by Gasteiger charge is 2.31. The first kappa shape index (κ1) is 22.9. The number of hydrogen-bond acceptors (Lipinski definition) is 9. The molecule has 35 heavy (non-hydrogen) atoms. The lowest BCUT2D eigenvalue weighted by molar-refractivity contribution is 0.0676. The summed E-state index contributed by atoms with van der Waals surface area (Å²) in [6.07, 6.45) is 4.92. The van der Waals surface area contributed by atoms with E-state index in [1.807, 2.05) is 32.0 Å². The van der Waals surface area contributed by atoms with Crippen LogP contribution in [0.5, 0.6) is 0 Å². The van der Waals surface area contributed by atoms with Crippen LogP contribution in [0.4, 0.5) is 5.69 Å². The van der Waals surface area contributed by atoms with Crippen LogP contribution in [-0.4, -0.2) is 65.9 Å². The summed E-state index contributed by atoms with van der Waals surface area (Å²) in [7, 11) is 0. The summed E-state index contributed by atoms with van der Waals surface area (Å²) in [6.45, 7) is 4.65. The molecular formula is C24H24N8O2S. The predicted octanol–water partition coefficient (Wildman–Crippen LogP) is 3.20. The molecular weight excluding hydrogens is 464 g/mol. The van der Waals surface area contributed by atoms with E-state index >= 15 is 0 Å². The Morgan fingerprint density at radius 3 is 2.94 bits per heavy atom. The van der Waals surface area contributed by atoms with Gasteiger partial charge in [-0.3, -0.25) is 9.78 Å². The molecule has 10 nitrogen and oxygen atoms in total. The van der Waals surface area contributed by atoms with E-state index in [1.54, 1.807) is 21.7 Å². The number of aromatic nitrogens is 5. The Morgan fingerprint density at radius 1 is 1.31 bits per heavy atom. The van der Waals surface area contributed by atoms with Crippen molar-refractivity contribution in [2.24, 2.45) is 0 Å². The number of nitrogens with zero attached hydrogens (tertiary/aromatic N) is 7. The van der Waals surface area contributed by atoms with E-state index in [0.29, 0.717) is 27.8 Å². The Kier molecular flexibility index (Phi) is 6.15. The topological polar surface area (TPSA) is 132 Å². The molecule has 1 saturated heterocycles. The molecule has 0 aromatic carbocycles. The molecule has 178 valence electrons. The van der Waals surface area contributed by atoms with Crippen LogP contribution in [0.25, 0.3) is 27.5 Å². The second-order valence-corrected chi connectivity index (χ2v) is 9.69. The van der Waals surface area contributed by atoms with Gasteiger partial charge >= 0.3 is 0 Å². The van der Waals surface area contributed by atoms with Crippen molar-refractivity contribution in [1.29, 1.82) is 5.26 Å². The molecule has 4 aromatic rings. The van der Waals surface area contributed by atoms with Crippen molar-refractivity contribution in [2.45, 2.75) is 38.8 Å². The average Bonchev–Trinajstić information content (AvgIpc) is 3.62. The number of nitriles is 1. The SMILES string of the molecule is CC(C)Nc1cc(-c2ccc3cc(C#N)cnn23)ncc1-c1nnc(C(=O)N2CCC[C@@H]2CO)s1. The number of hydrogen-bond donors (Lipinski definition) is 2. The fraction of sp³-hybridized carbons (Fsp3) is 0.333. The van der Waals surface area contributed by atoms with Crippen LogP contribution in [0.1, 0.15) is 42.1 Å².